The summed E-state index contributed by atoms with van der Waals surface area (Å²) in [7, 11) is -2.57. The van der Waals surface area contributed by atoms with E-state index in [0.717, 1.165) is 11.5 Å². The third-order valence-corrected chi connectivity index (χ3v) is 14.1. The second-order valence-electron chi connectivity index (χ2n) is 12.3. The molecule has 0 radical (unpaired) electrons. The zero-order valence-electron chi connectivity index (χ0n) is 25.6. The monoisotopic (exact) mass is 570 g/mol. The highest BCUT2D eigenvalue weighted by molar-refractivity contribution is 7.99. The first-order valence-electron chi connectivity index (χ1n) is 15.9. The molecule has 0 amide bonds. The van der Waals surface area contributed by atoms with Crippen LogP contribution >= 0.6 is 11.8 Å². The number of hydrogen-bond donors (Lipinski definition) is 1. The van der Waals surface area contributed by atoms with E-state index in [1.165, 1.54) is 100 Å². The van der Waals surface area contributed by atoms with Crippen molar-refractivity contribution >= 4 is 30.5 Å². The molecule has 2 rings (SSSR count). The highest BCUT2D eigenvalue weighted by Crippen LogP contribution is 2.36. The number of rotatable bonds is 22. The van der Waals surface area contributed by atoms with E-state index in [1.54, 1.807) is 0 Å². The summed E-state index contributed by atoms with van der Waals surface area (Å²) < 4.78 is 6.88. The average Bonchev–Trinajstić information content (AvgIpc) is 2.93. The maximum Gasteiger partial charge on any atom is 0.261 e. The van der Waals surface area contributed by atoms with E-state index in [4.69, 9.17) is 4.43 Å². The van der Waals surface area contributed by atoms with E-state index in [2.05, 4.69) is 88.4 Å². The number of aliphatic hydroxyl groups excluding tert-OH is 1. The molecule has 2 aromatic carbocycles. The van der Waals surface area contributed by atoms with Crippen molar-refractivity contribution in [3.05, 3.63) is 60.7 Å². The molecule has 0 spiro atoms. The SMILES string of the molecule is CCCCCCCCCCCCCCCCSC[C@@H](O)CO[Si](c1ccccc1)(c1ccccc1)C(C)(C)C. The van der Waals surface area contributed by atoms with Crippen molar-refractivity contribution in [2.75, 3.05) is 18.1 Å². The van der Waals surface area contributed by atoms with E-state index >= 15 is 0 Å². The van der Waals surface area contributed by atoms with Gasteiger partial charge in [-0.25, -0.2) is 0 Å². The molecule has 39 heavy (non-hydrogen) atoms. The summed E-state index contributed by atoms with van der Waals surface area (Å²) in [6.45, 7) is 9.54. The van der Waals surface area contributed by atoms with Crippen molar-refractivity contribution in [1.82, 2.24) is 0 Å². The Balaban J connectivity index is 1.64. The third-order valence-electron chi connectivity index (χ3n) is 7.86. The van der Waals surface area contributed by atoms with Gasteiger partial charge < -0.3 is 9.53 Å². The van der Waals surface area contributed by atoms with Gasteiger partial charge in [-0.05, 0) is 27.6 Å². The fourth-order valence-electron chi connectivity index (χ4n) is 5.65. The molecule has 0 fully saturated rings. The Morgan fingerprint density at radius 2 is 1.08 bits per heavy atom. The van der Waals surface area contributed by atoms with Gasteiger partial charge in [0, 0.05) is 5.75 Å². The summed E-state index contributed by atoms with van der Waals surface area (Å²) in [6.07, 6.45) is 19.1. The first kappa shape index (κ1) is 34.1. The Morgan fingerprint density at radius 3 is 1.49 bits per heavy atom. The maximum absolute atomic E-state index is 10.9. The van der Waals surface area contributed by atoms with Gasteiger partial charge in [0.05, 0.1) is 12.7 Å². The van der Waals surface area contributed by atoms with Crippen LogP contribution in [0.4, 0.5) is 0 Å². The van der Waals surface area contributed by atoms with Crippen LogP contribution in [0.3, 0.4) is 0 Å². The quantitative estimate of drug-likeness (QED) is 0.113. The molecule has 0 unspecified atom stereocenters. The largest absolute Gasteiger partial charge is 0.405 e. The molecule has 0 aliphatic carbocycles. The van der Waals surface area contributed by atoms with Gasteiger partial charge in [0.25, 0.3) is 8.32 Å². The lowest BCUT2D eigenvalue weighted by Gasteiger charge is -2.43. The number of unbranched alkanes of at least 4 members (excludes halogenated alkanes) is 13. The van der Waals surface area contributed by atoms with Crippen LogP contribution in [0.5, 0.6) is 0 Å². The molecule has 0 saturated carbocycles. The van der Waals surface area contributed by atoms with E-state index in [0.29, 0.717) is 6.61 Å². The van der Waals surface area contributed by atoms with Crippen LogP contribution in [0.2, 0.25) is 5.04 Å². The van der Waals surface area contributed by atoms with Crippen molar-refractivity contribution in [1.29, 1.82) is 0 Å². The lowest BCUT2D eigenvalue weighted by atomic mass is 10.0. The average molecular weight is 571 g/mol. The van der Waals surface area contributed by atoms with Crippen LogP contribution in [0.25, 0.3) is 0 Å². The van der Waals surface area contributed by atoms with Crippen molar-refractivity contribution in [3.63, 3.8) is 0 Å². The molecule has 1 atom stereocenters. The minimum atomic E-state index is -2.57. The first-order valence-corrected chi connectivity index (χ1v) is 19.0. The van der Waals surface area contributed by atoms with Crippen LogP contribution in [-0.4, -0.2) is 37.6 Å². The fourth-order valence-corrected chi connectivity index (χ4v) is 11.2. The summed E-state index contributed by atoms with van der Waals surface area (Å²) >= 11 is 1.88. The molecule has 0 saturated heterocycles. The van der Waals surface area contributed by atoms with Crippen LogP contribution < -0.4 is 10.4 Å². The Kier molecular flexibility index (Phi) is 17.4. The topological polar surface area (TPSA) is 29.5 Å². The molecule has 0 heterocycles. The predicted molar refractivity (Wildman–Crippen MR) is 177 cm³/mol. The molecule has 1 N–H and O–H groups in total. The standard InChI is InChI=1S/C35H58O2SSi/c1-5-6-7-8-9-10-11-12-13-14-15-16-17-24-29-38-31-32(36)30-37-39(35(2,3)4,33-25-20-18-21-26-33)34-27-22-19-23-28-34/h18-23,25-28,32,36H,5-17,24,29-31H2,1-4H3/t32-/m0/s1. The third kappa shape index (κ3) is 12.5. The summed E-state index contributed by atoms with van der Waals surface area (Å²) in [6, 6.07) is 21.4. The highest BCUT2D eigenvalue weighted by atomic mass is 32.2. The lowest BCUT2D eigenvalue weighted by molar-refractivity contribution is 0.121. The molecule has 2 aromatic rings. The van der Waals surface area contributed by atoms with Gasteiger partial charge in [-0.15, -0.1) is 0 Å². The van der Waals surface area contributed by atoms with Gasteiger partial charge in [-0.1, -0.05) is 172 Å². The van der Waals surface area contributed by atoms with E-state index < -0.39 is 14.4 Å². The molecule has 220 valence electrons. The van der Waals surface area contributed by atoms with Gasteiger partial charge in [0.2, 0.25) is 0 Å². The summed E-state index contributed by atoms with van der Waals surface area (Å²) in [5.74, 6) is 1.88. The van der Waals surface area contributed by atoms with Crippen LogP contribution in [0.15, 0.2) is 60.7 Å². The van der Waals surface area contributed by atoms with Gasteiger partial charge in [-0.2, -0.15) is 11.8 Å². The van der Waals surface area contributed by atoms with E-state index in [9.17, 15) is 5.11 Å². The van der Waals surface area contributed by atoms with Crippen molar-refractivity contribution in [2.45, 2.75) is 129 Å². The number of benzene rings is 2. The molecule has 2 nitrogen and oxygen atoms in total. The van der Waals surface area contributed by atoms with Gasteiger partial charge >= 0.3 is 0 Å². The Bertz CT molecular complexity index is 797. The molecule has 0 aliphatic rings. The fraction of sp³-hybridized carbons (Fsp3) is 0.657. The molecular formula is C35H58O2SSi. The molecular weight excluding hydrogens is 513 g/mol. The highest BCUT2D eigenvalue weighted by Gasteiger charge is 2.50. The first-order chi connectivity index (χ1) is 18.9. The number of aliphatic hydroxyl groups is 1. The van der Waals surface area contributed by atoms with E-state index in [-0.39, 0.29) is 5.04 Å². The summed E-state index contributed by atoms with van der Waals surface area (Å²) in [5, 5.41) is 13.3. The maximum atomic E-state index is 10.9. The Labute approximate surface area is 246 Å². The van der Waals surface area contributed by atoms with E-state index in [1.807, 2.05) is 11.8 Å². The molecule has 0 aromatic heterocycles. The summed E-state index contributed by atoms with van der Waals surface area (Å²) in [5.41, 5.74) is 0. The van der Waals surface area contributed by atoms with Crippen LogP contribution in [0.1, 0.15) is 118 Å². The van der Waals surface area contributed by atoms with Crippen molar-refractivity contribution in [2.24, 2.45) is 0 Å². The molecule has 0 bridgehead atoms. The number of hydrogen-bond acceptors (Lipinski definition) is 3. The Morgan fingerprint density at radius 1 is 0.667 bits per heavy atom. The minimum absolute atomic E-state index is 0.0587. The Hall–Kier alpha value is -1.07. The minimum Gasteiger partial charge on any atom is -0.405 e. The predicted octanol–water partition coefficient (Wildman–Crippen LogP) is 9.14. The summed E-state index contributed by atoms with van der Waals surface area (Å²) in [4.78, 5) is 0. The van der Waals surface area contributed by atoms with Gasteiger partial charge in [0.15, 0.2) is 0 Å². The second-order valence-corrected chi connectivity index (χ2v) is 17.8. The van der Waals surface area contributed by atoms with Gasteiger partial charge in [-0.3, -0.25) is 0 Å². The van der Waals surface area contributed by atoms with Crippen LogP contribution in [-0.2, 0) is 4.43 Å². The number of thioether (sulfide) groups is 1. The lowest BCUT2D eigenvalue weighted by Crippen LogP contribution is -2.67. The molecule has 4 heteroatoms. The molecule has 0 aliphatic heterocycles. The second kappa shape index (κ2) is 19.9. The normalized spacial score (nSPS) is 13.1. The zero-order chi connectivity index (χ0) is 28.2. The van der Waals surface area contributed by atoms with Crippen molar-refractivity contribution < 1.29 is 9.53 Å². The van der Waals surface area contributed by atoms with Crippen molar-refractivity contribution in [3.8, 4) is 0 Å². The van der Waals surface area contributed by atoms with Gasteiger partial charge in [0.1, 0.15) is 0 Å². The smallest absolute Gasteiger partial charge is 0.261 e. The van der Waals surface area contributed by atoms with Crippen LogP contribution in [0, 0.1) is 0 Å². The zero-order valence-corrected chi connectivity index (χ0v) is 27.5.